The summed E-state index contributed by atoms with van der Waals surface area (Å²) in [5, 5.41) is 6.78. The summed E-state index contributed by atoms with van der Waals surface area (Å²) in [6.45, 7) is 2.92. The third-order valence-electron chi connectivity index (χ3n) is 6.17. The van der Waals surface area contributed by atoms with E-state index in [1.807, 2.05) is 109 Å². The molecule has 0 bridgehead atoms. The fourth-order valence-corrected chi connectivity index (χ4v) is 4.95. The standard InChI is InChI=1S/C32H28N2O2S/c1-24-31(28-16-8-9-17-30(28)36-23-26-13-6-3-7-14-26)29(19-18-27-15-10-22-37-27)32(35)34(33-24)21-20-25-11-4-2-5-12-25/h2-19,22H,20-21,23H2,1H3. The summed E-state index contributed by atoms with van der Waals surface area (Å²) in [6.07, 6.45) is 4.65. The number of thiophene rings is 1. The highest BCUT2D eigenvalue weighted by Crippen LogP contribution is 2.34. The zero-order valence-electron chi connectivity index (χ0n) is 20.7. The average Bonchev–Trinajstić information content (AvgIpc) is 3.46. The average molecular weight is 505 g/mol. The summed E-state index contributed by atoms with van der Waals surface area (Å²) in [5.41, 5.74) is 5.22. The fraction of sp³-hybridized carbons (Fsp3) is 0.125. The second-order valence-electron chi connectivity index (χ2n) is 8.76. The van der Waals surface area contributed by atoms with Gasteiger partial charge in [-0.05, 0) is 54.1 Å². The highest BCUT2D eigenvalue weighted by molar-refractivity contribution is 7.10. The number of hydrogen-bond donors (Lipinski definition) is 0. The minimum Gasteiger partial charge on any atom is -0.488 e. The number of aromatic nitrogens is 2. The summed E-state index contributed by atoms with van der Waals surface area (Å²) in [4.78, 5) is 14.9. The summed E-state index contributed by atoms with van der Waals surface area (Å²) < 4.78 is 7.85. The Morgan fingerprint density at radius 1 is 0.838 bits per heavy atom. The van der Waals surface area contributed by atoms with E-state index in [9.17, 15) is 4.79 Å². The van der Waals surface area contributed by atoms with Crippen molar-refractivity contribution >= 4 is 23.5 Å². The van der Waals surface area contributed by atoms with Crippen molar-refractivity contribution < 1.29 is 4.74 Å². The van der Waals surface area contributed by atoms with Crippen LogP contribution in [0.3, 0.4) is 0 Å². The lowest BCUT2D eigenvalue weighted by Gasteiger charge is -2.17. The molecule has 0 aliphatic carbocycles. The largest absolute Gasteiger partial charge is 0.488 e. The molecule has 0 amide bonds. The van der Waals surface area contributed by atoms with Crippen molar-refractivity contribution in [1.29, 1.82) is 0 Å². The fourth-order valence-electron chi connectivity index (χ4n) is 4.33. The first-order valence-corrected chi connectivity index (χ1v) is 13.2. The zero-order chi connectivity index (χ0) is 25.5. The summed E-state index contributed by atoms with van der Waals surface area (Å²) in [6, 6.07) is 32.2. The van der Waals surface area contributed by atoms with Crippen molar-refractivity contribution in [2.75, 3.05) is 0 Å². The van der Waals surface area contributed by atoms with Crippen LogP contribution in [0, 0.1) is 6.92 Å². The molecule has 0 atom stereocenters. The van der Waals surface area contributed by atoms with Crippen molar-refractivity contribution in [3.05, 3.63) is 140 Å². The second kappa shape index (κ2) is 11.7. The van der Waals surface area contributed by atoms with Crippen LogP contribution in [0.4, 0.5) is 0 Å². The third kappa shape index (κ3) is 5.96. The Bertz CT molecular complexity index is 1540. The quantitative estimate of drug-likeness (QED) is 0.212. The van der Waals surface area contributed by atoms with Gasteiger partial charge >= 0.3 is 0 Å². The smallest absolute Gasteiger partial charge is 0.274 e. The number of benzene rings is 3. The lowest BCUT2D eigenvalue weighted by Crippen LogP contribution is -2.27. The first kappa shape index (κ1) is 24.5. The molecule has 0 saturated carbocycles. The zero-order valence-corrected chi connectivity index (χ0v) is 21.5. The normalized spacial score (nSPS) is 11.2. The van der Waals surface area contributed by atoms with Crippen LogP contribution >= 0.6 is 11.3 Å². The van der Waals surface area contributed by atoms with Gasteiger partial charge in [0.25, 0.3) is 5.56 Å². The molecule has 37 heavy (non-hydrogen) atoms. The number of para-hydroxylation sites is 1. The van der Waals surface area contributed by atoms with E-state index in [2.05, 4.69) is 12.1 Å². The van der Waals surface area contributed by atoms with E-state index in [-0.39, 0.29) is 5.56 Å². The van der Waals surface area contributed by atoms with E-state index in [0.29, 0.717) is 18.7 Å². The molecule has 4 nitrogen and oxygen atoms in total. The summed E-state index contributed by atoms with van der Waals surface area (Å²) in [7, 11) is 0. The molecule has 0 aliphatic heterocycles. The van der Waals surface area contributed by atoms with Crippen LogP contribution < -0.4 is 10.3 Å². The maximum Gasteiger partial charge on any atom is 0.274 e. The van der Waals surface area contributed by atoms with Crippen LogP contribution in [0.5, 0.6) is 5.75 Å². The van der Waals surface area contributed by atoms with Gasteiger partial charge in [0.2, 0.25) is 0 Å². The van der Waals surface area contributed by atoms with Crippen LogP contribution in [0.2, 0.25) is 0 Å². The SMILES string of the molecule is Cc1nn(CCc2ccccc2)c(=O)c(C=Cc2cccs2)c1-c1ccccc1OCc1ccccc1. The minimum absolute atomic E-state index is 0.109. The van der Waals surface area contributed by atoms with Gasteiger partial charge in [0.15, 0.2) is 0 Å². The Balaban J connectivity index is 1.55. The van der Waals surface area contributed by atoms with E-state index in [1.54, 1.807) is 16.0 Å². The molecule has 0 fully saturated rings. The maximum atomic E-state index is 13.8. The number of nitrogens with zero attached hydrogens (tertiary/aromatic N) is 2. The monoisotopic (exact) mass is 504 g/mol. The Hall–Kier alpha value is -4.22. The van der Waals surface area contributed by atoms with E-state index in [4.69, 9.17) is 9.84 Å². The maximum absolute atomic E-state index is 13.8. The van der Waals surface area contributed by atoms with E-state index in [0.717, 1.165) is 39.4 Å². The predicted octanol–water partition coefficient (Wildman–Crippen LogP) is 7.27. The molecular formula is C32H28N2O2S. The van der Waals surface area contributed by atoms with Crippen molar-refractivity contribution in [3.8, 4) is 16.9 Å². The Labute approximate surface area is 221 Å². The molecule has 0 unspecified atom stereocenters. The Kier molecular flexibility index (Phi) is 7.72. The minimum atomic E-state index is -0.109. The van der Waals surface area contributed by atoms with Gasteiger partial charge in [0.1, 0.15) is 12.4 Å². The van der Waals surface area contributed by atoms with E-state index >= 15 is 0 Å². The molecule has 0 spiro atoms. The van der Waals surface area contributed by atoms with Gasteiger partial charge in [-0.15, -0.1) is 11.3 Å². The van der Waals surface area contributed by atoms with Crippen LogP contribution in [0.25, 0.3) is 23.3 Å². The molecule has 0 saturated heterocycles. The van der Waals surface area contributed by atoms with Gasteiger partial charge in [0.05, 0.1) is 11.3 Å². The van der Waals surface area contributed by atoms with E-state index < -0.39 is 0 Å². The summed E-state index contributed by atoms with van der Waals surface area (Å²) in [5.74, 6) is 0.725. The molecule has 5 rings (SSSR count). The molecule has 0 aliphatic rings. The number of rotatable bonds is 9. The molecule has 3 aromatic carbocycles. The number of hydrogen-bond acceptors (Lipinski definition) is 4. The summed E-state index contributed by atoms with van der Waals surface area (Å²) >= 11 is 1.64. The van der Waals surface area contributed by atoms with Gasteiger partial charge in [-0.3, -0.25) is 4.79 Å². The van der Waals surface area contributed by atoms with Crippen LogP contribution in [-0.4, -0.2) is 9.78 Å². The topological polar surface area (TPSA) is 44.1 Å². The molecule has 184 valence electrons. The third-order valence-corrected chi connectivity index (χ3v) is 7.01. The highest BCUT2D eigenvalue weighted by Gasteiger charge is 2.18. The molecule has 2 heterocycles. The predicted molar refractivity (Wildman–Crippen MR) is 153 cm³/mol. The van der Waals surface area contributed by atoms with Crippen molar-refractivity contribution in [2.45, 2.75) is 26.5 Å². The second-order valence-corrected chi connectivity index (χ2v) is 9.74. The van der Waals surface area contributed by atoms with Crippen molar-refractivity contribution in [2.24, 2.45) is 0 Å². The number of aryl methyl sites for hydroxylation is 3. The van der Waals surface area contributed by atoms with Crippen LogP contribution in [0.1, 0.15) is 27.3 Å². The van der Waals surface area contributed by atoms with Crippen LogP contribution in [0.15, 0.2) is 107 Å². The lowest BCUT2D eigenvalue weighted by molar-refractivity contribution is 0.307. The number of ether oxygens (including phenoxy) is 1. The first-order valence-electron chi connectivity index (χ1n) is 12.3. The molecule has 0 N–H and O–H groups in total. The molecule has 0 radical (unpaired) electrons. The van der Waals surface area contributed by atoms with Crippen molar-refractivity contribution in [3.63, 3.8) is 0 Å². The van der Waals surface area contributed by atoms with Gasteiger partial charge < -0.3 is 4.74 Å². The molecule has 5 heteroatoms. The van der Waals surface area contributed by atoms with Crippen LogP contribution in [-0.2, 0) is 19.6 Å². The van der Waals surface area contributed by atoms with Gasteiger partial charge in [-0.25, -0.2) is 4.68 Å². The van der Waals surface area contributed by atoms with Crippen molar-refractivity contribution in [1.82, 2.24) is 9.78 Å². The van der Waals surface area contributed by atoms with Gasteiger partial charge in [0, 0.05) is 22.5 Å². The molecule has 5 aromatic rings. The molecular weight excluding hydrogens is 476 g/mol. The lowest BCUT2D eigenvalue weighted by atomic mass is 9.98. The van der Waals surface area contributed by atoms with Gasteiger partial charge in [-0.1, -0.05) is 84.9 Å². The van der Waals surface area contributed by atoms with Gasteiger partial charge in [-0.2, -0.15) is 5.10 Å². The highest BCUT2D eigenvalue weighted by atomic mass is 32.1. The first-order chi connectivity index (χ1) is 18.2. The molecule has 2 aromatic heterocycles. The Morgan fingerprint density at radius 2 is 1.54 bits per heavy atom. The Morgan fingerprint density at radius 3 is 2.27 bits per heavy atom. The van der Waals surface area contributed by atoms with E-state index in [1.165, 1.54) is 5.56 Å².